The standard InChI is InChI=1S/C22H23NO6/c1-14(24)17-19(23-20(17)25)18(21(26)28-12-15-8-4-2-5-9-15)22(27)29-13-16-10-6-3-7-11-16/h2-11,14,17-19,24H,12-13H2,1H3,(H,23,25)/t14?,17-,19+/m1/s1. The van der Waals surface area contributed by atoms with Gasteiger partial charge in [-0.3, -0.25) is 14.4 Å². The van der Waals surface area contributed by atoms with E-state index in [-0.39, 0.29) is 13.2 Å². The quantitative estimate of drug-likeness (QED) is 0.398. The Morgan fingerprint density at radius 1 is 0.931 bits per heavy atom. The molecule has 29 heavy (non-hydrogen) atoms. The molecule has 2 aromatic rings. The van der Waals surface area contributed by atoms with E-state index in [1.54, 1.807) is 24.3 Å². The average molecular weight is 397 g/mol. The van der Waals surface area contributed by atoms with Crippen LogP contribution >= 0.6 is 0 Å². The highest BCUT2D eigenvalue weighted by Crippen LogP contribution is 2.28. The third-order valence-corrected chi connectivity index (χ3v) is 4.83. The summed E-state index contributed by atoms with van der Waals surface area (Å²) < 4.78 is 10.6. The molecule has 0 radical (unpaired) electrons. The van der Waals surface area contributed by atoms with Crippen LogP contribution < -0.4 is 5.32 Å². The highest BCUT2D eigenvalue weighted by atomic mass is 16.6. The van der Waals surface area contributed by atoms with Crippen LogP contribution in [0.15, 0.2) is 60.7 Å². The summed E-state index contributed by atoms with van der Waals surface area (Å²) in [5, 5.41) is 12.4. The summed E-state index contributed by atoms with van der Waals surface area (Å²) in [5.74, 6) is -4.26. The van der Waals surface area contributed by atoms with Gasteiger partial charge in [0.2, 0.25) is 5.91 Å². The molecule has 0 saturated carbocycles. The maximum absolute atomic E-state index is 12.7. The van der Waals surface area contributed by atoms with Gasteiger partial charge in [-0.25, -0.2) is 0 Å². The fraction of sp³-hybridized carbons (Fsp3) is 0.318. The van der Waals surface area contributed by atoms with Crippen molar-refractivity contribution < 1.29 is 29.0 Å². The first-order chi connectivity index (χ1) is 14.0. The number of ether oxygens (including phenoxy) is 2. The van der Waals surface area contributed by atoms with Crippen LogP contribution in [0.1, 0.15) is 18.1 Å². The van der Waals surface area contributed by atoms with Gasteiger partial charge in [-0.1, -0.05) is 60.7 Å². The maximum Gasteiger partial charge on any atom is 0.322 e. The van der Waals surface area contributed by atoms with Gasteiger partial charge in [-0.15, -0.1) is 0 Å². The van der Waals surface area contributed by atoms with Gasteiger partial charge >= 0.3 is 11.9 Å². The number of benzene rings is 2. The zero-order valence-corrected chi connectivity index (χ0v) is 16.0. The van der Waals surface area contributed by atoms with Gasteiger partial charge in [0, 0.05) is 0 Å². The molecule has 2 aromatic carbocycles. The number of esters is 2. The number of amides is 1. The first-order valence-electron chi connectivity index (χ1n) is 9.37. The molecule has 0 bridgehead atoms. The first-order valence-corrected chi connectivity index (χ1v) is 9.37. The Bertz CT molecular complexity index is 797. The number of hydrogen-bond acceptors (Lipinski definition) is 6. The molecule has 3 atom stereocenters. The Morgan fingerprint density at radius 3 is 1.76 bits per heavy atom. The van der Waals surface area contributed by atoms with E-state index >= 15 is 0 Å². The molecule has 1 saturated heterocycles. The van der Waals surface area contributed by atoms with E-state index < -0.39 is 41.8 Å². The molecule has 152 valence electrons. The monoisotopic (exact) mass is 397 g/mol. The molecule has 0 aromatic heterocycles. The highest BCUT2D eigenvalue weighted by molar-refractivity contribution is 5.99. The lowest BCUT2D eigenvalue weighted by atomic mass is 9.78. The SMILES string of the molecule is CC(O)[C@H]1C(=O)N[C@@H]1C(C(=O)OCc1ccccc1)C(=O)OCc1ccccc1. The Morgan fingerprint density at radius 2 is 1.38 bits per heavy atom. The number of hydrogen-bond donors (Lipinski definition) is 2. The zero-order chi connectivity index (χ0) is 20.8. The van der Waals surface area contributed by atoms with E-state index in [4.69, 9.17) is 9.47 Å². The maximum atomic E-state index is 12.7. The van der Waals surface area contributed by atoms with Crippen LogP contribution in [0.4, 0.5) is 0 Å². The first kappa shape index (κ1) is 20.5. The zero-order valence-electron chi connectivity index (χ0n) is 16.0. The topological polar surface area (TPSA) is 102 Å². The highest BCUT2D eigenvalue weighted by Gasteiger charge is 2.53. The summed E-state index contributed by atoms with van der Waals surface area (Å²) in [7, 11) is 0. The summed E-state index contributed by atoms with van der Waals surface area (Å²) in [5.41, 5.74) is 1.53. The summed E-state index contributed by atoms with van der Waals surface area (Å²) >= 11 is 0. The number of carbonyl (C=O) groups is 3. The molecule has 1 aliphatic heterocycles. The Hall–Kier alpha value is -3.19. The van der Waals surface area contributed by atoms with E-state index in [0.717, 1.165) is 11.1 Å². The van der Waals surface area contributed by atoms with Crippen LogP contribution in [0, 0.1) is 11.8 Å². The molecule has 7 heteroatoms. The molecule has 3 rings (SSSR count). The number of aliphatic hydroxyl groups is 1. The number of aliphatic hydroxyl groups excluding tert-OH is 1. The van der Waals surface area contributed by atoms with Gasteiger partial charge in [-0.2, -0.15) is 0 Å². The van der Waals surface area contributed by atoms with E-state index in [0.29, 0.717) is 0 Å². The second-order valence-corrected chi connectivity index (χ2v) is 6.97. The predicted molar refractivity (Wildman–Crippen MR) is 103 cm³/mol. The normalized spacial score (nSPS) is 19.1. The molecule has 1 aliphatic rings. The summed E-state index contributed by atoms with van der Waals surface area (Å²) in [6, 6.07) is 17.2. The molecule has 1 heterocycles. The number of β-lactam (4-membered cyclic amide) rings is 1. The van der Waals surface area contributed by atoms with Crippen molar-refractivity contribution in [1.29, 1.82) is 0 Å². The molecular formula is C22H23NO6. The molecule has 1 fully saturated rings. The fourth-order valence-electron chi connectivity index (χ4n) is 3.25. The molecule has 7 nitrogen and oxygen atoms in total. The lowest BCUT2D eigenvalue weighted by Gasteiger charge is -2.41. The van der Waals surface area contributed by atoms with Crippen LogP contribution in [0.5, 0.6) is 0 Å². The number of carbonyl (C=O) groups excluding carboxylic acids is 3. The van der Waals surface area contributed by atoms with E-state index in [1.165, 1.54) is 6.92 Å². The smallest absolute Gasteiger partial charge is 0.322 e. The average Bonchev–Trinajstić information content (AvgIpc) is 2.71. The Balaban J connectivity index is 1.71. The van der Waals surface area contributed by atoms with E-state index in [1.807, 2.05) is 36.4 Å². The van der Waals surface area contributed by atoms with Crippen molar-refractivity contribution in [3.8, 4) is 0 Å². The molecule has 2 N–H and O–H groups in total. The van der Waals surface area contributed by atoms with Gasteiger partial charge in [0.05, 0.1) is 18.1 Å². The second kappa shape index (κ2) is 9.34. The largest absolute Gasteiger partial charge is 0.460 e. The van der Waals surface area contributed by atoms with Gasteiger partial charge in [0.15, 0.2) is 5.92 Å². The van der Waals surface area contributed by atoms with Crippen molar-refractivity contribution in [2.75, 3.05) is 0 Å². The van der Waals surface area contributed by atoms with Gasteiger partial charge < -0.3 is 19.9 Å². The number of rotatable bonds is 8. The van der Waals surface area contributed by atoms with E-state index in [2.05, 4.69) is 5.32 Å². The molecule has 0 aliphatic carbocycles. The van der Waals surface area contributed by atoms with Crippen molar-refractivity contribution in [2.45, 2.75) is 32.3 Å². The number of nitrogens with one attached hydrogen (secondary N) is 1. The van der Waals surface area contributed by atoms with Crippen LogP contribution in [0.2, 0.25) is 0 Å². The lowest BCUT2D eigenvalue weighted by Crippen LogP contribution is -2.67. The summed E-state index contributed by atoms with van der Waals surface area (Å²) in [6.45, 7) is 1.42. The fourth-order valence-corrected chi connectivity index (χ4v) is 3.25. The van der Waals surface area contributed by atoms with Crippen LogP contribution in [0.25, 0.3) is 0 Å². The van der Waals surface area contributed by atoms with Crippen molar-refractivity contribution in [3.05, 3.63) is 71.8 Å². The molecule has 0 spiro atoms. The summed E-state index contributed by atoms with van der Waals surface area (Å²) in [6.07, 6.45) is -1.01. The minimum Gasteiger partial charge on any atom is -0.460 e. The third kappa shape index (κ3) is 5.00. The van der Waals surface area contributed by atoms with Gasteiger partial charge in [0.1, 0.15) is 13.2 Å². The van der Waals surface area contributed by atoms with Crippen molar-refractivity contribution in [1.82, 2.24) is 5.32 Å². The van der Waals surface area contributed by atoms with E-state index in [9.17, 15) is 19.5 Å². The van der Waals surface area contributed by atoms with Crippen LogP contribution in [-0.2, 0) is 37.1 Å². The third-order valence-electron chi connectivity index (χ3n) is 4.83. The van der Waals surface area contributed by atoms with Crippen molar-refractivity contribution in [2.24, 2.45) is 11.8 Å². The molecule has 1 unspecified atom stereocenters. The van der Waals surface area contributed by atoms with Crippen LogP contribution in [0.3, 0.4) is 0 Å². The van der Waals surface area contributed by atoms with Crippen LogP contribution in [-0.4, -0.2) is 35.1 Å². The summed E-state index contributed by atoms with van der Waals surface area (Å²) in [4.78, 5) is 37.3. The minimum atomic E-state index is -1.36. The lowest BCUT2D eigenvalue weighted by molar-refractivity contribution is -0.170. The predicted octanol–water partition coefficient (Wildman–Crippen LogP) is 1.58. The van der Waals surface area contributed by atoms with Crippen molar-refractivity contribution >= 4 is 17.8 Å². The van der Waals surface area contributed by atoms with Crippen molar-refractivity contribution in [3.63, 3.8) is 0 Å². The Kier molecular flexibility index (Phi) is 6.61. The molecule has 1 amide bonds. The minimum absolute atomic E-state index is 0.0118. The van der Waals surface area contributed by atoms with Gasteiger partial charge in [-0.05, 0) is 18.1 Å². The Labute approximate surface area is 168 Å². The van der Waals surface area contributed by atoms with Gasteiger partial charge in [0.25, 0.3) is 0 Å². The molecular weight excluding hydrogens is 374 g/mol. The second-order valence-electron chi connectivity index (χ2n) is 6.97.